The summed E-state index contributed by atoms with van der Waals surface area (Å²) >= 11 is 0. The van der Waals surface area contributed by atoms with Gasteiger partial charge in [0.25, 0.3) is 0 Å². The molecule has 4 heteroatoms. The van der Waals surface area contributed by atoms with Gasteiger partial charge in [0.2, 0.25) is 0 Å². The van der Waals surface area contributed by atoms with Crippen molar-refractivity contribution in [1.82, 2.24) is 5.48 Å². The predicted molar refractivity (Wildman–Crippen MR) is 54.9 cm³/mol. The molecule has 4 nitrogen and oxygen atoms in total. The second-order valence-corrected chi connectivity index (χ2v) is 4.53. The first-order chi connectivity index (χ1) is 6.28. The molecule has 0 rings (SSSR count). The Kier molecular flexibility index (Phi) is 5.08. The van der Waals surface area contributed by atoms with Crippen LogP contribution < -0.4 is 5.48 Å². The Morgan fingerprint density at radius 3 is 2.29 bits per heavy atom. The highest BCUT2D eigenvalue weighted by Crippen LogP contribution is 2.11. The minimum atomic E-state index is -0.872. The van der Waals surface area contributed by atoms with E-state index < -0.39 is 12.0 Å². The highest BCUT2D eigenvalue weighted by atomic mass is 16.7. The van der Waals surface area contributed by atoms with E-state index in [9.17, 15) is 4.79 Å². The second-order valence-electron chi connectivity index (χ2n) is 4.53. The van der Waals surface area contributed by atoms with E-state index in [-0.39, 0.29) is 11.5 Å². The number of hydroxylamine groups is 1. The third-order valence-corrected chi connectivity index (χ3v) is 1.97. The van der Waals surface area contributed by atoms with E-state index in [0.717, 1.165) is 6.42 Å². The van der Waals surface area contributed by atoms with E-state index in [4.69, 9.17) is 9.94 Å². The van der Waals surface area contributed by atoms with E-state index in [1.165, 1.54) is 0 Å². The molecule has 0 aromatic rings. The van der Waals surface area contributed by atoms with Gasteiger partial charge in [0, 0.05) is 0 Å². The van der Waals surface area contributed by atoms with Crippen LogP contribution in [0.2, 0.25) is 0 Å². The fraction of sp³-hybridized carbons (Fsp3) is 0.900. The summed E-state index contributed by atoms with van der Waals surface area (Å²) in [7, 11) is 0. The molecule has 0 spiro atoms. The molecular weight excluding hydrogens is 182 g/mol. The third kappa shape index (κ3) is 5.19. The van der Waals surface area contributed by atoms with Gasteiger partial charge in [-0.1, -0.05) is 20.3 Å². The van der Waals surface area contributed by atoms with Gasteiger partial charge in [0.1, 0.15) is 6.04 Å². The molecular formula is C10H21NO3. The highest BCUT2D eigenvalue weighted by molar-refractivity contribution is 5.73. The van der Waals surface area contributed by atoms with Crippen LogP contribution in [0.15, 0.2) is 0 Å². The fourth-order valence-corrected chi connectivity index (χ4v) is 0.886. The lowest BCUT2D eigenvalue weighted by molar-refractivity contribution is -0.153. The smallest absolute Gasteiger partial charge is 0.323 e. The second kappa shape index (κ2) is 5.32. The summed E-state index contributed by atoms with van der Waals surface area (Å²) < 4.78 is 0. The van der Waals surface area contributed by atoms with Crippen LogP contribution in [0.4, 0.5) is 0 Å². The molecule has 0 unspecified atom stereocenters. The molecule has 2 atom stereocenters. The van der Waals surface area contributed by atoms with Gasteiger partial charge in [-0.15, -0.1) is 0 Å². The fourth-order valence-electron chi connectivity index (χ4n) is 0.886. The van der Waals surface area contributed by atoms with Gasteiger partial charge in [-0.2, -0.15) is 5.48 Å². The number of rotatable bonds is 5. The first kappa shape index (κ1) is 13.4. The average Bonchev–Trinajstić information content (AvgIpc) is 2.01. The van der Waals surface area contributed by atoms with Crippen molar-refractivity contribution in [2.24, 2.45) is 5.92 Å². The van der Waals surface area contributed by atoms with Crippen LogP contribution in [0.25, 0.3) is 0 Å². The SMILES string of the molecule is CC[C@H](C)[C@H](NOC(C)(C)C)C(=O)O. The highest BCUT2D eigenvalue weighted by Gasteiger charge is 2.25. The number of hydrogen-bond donors (Lipinski definition) is 2. The van der Waals surface area contributed by atoms with Gasteiger partial charge in [0.15, 0.2) is 0 Å². The molecule has 2 N–H and O–H groups in total. The Morgan fingerprint density at radius 2 is 2.00 bits per heavy atom. The molecule has 14 heavy (non-hydrogen) atoms. The first-order valence-corrected chi connectivity index (χ1v) is 4.94. The maximum absolute atomic E-state index is 10.9. The number of carboxylic acid groups (broad SMARTS) is 1. The van der Waals surface area contributed by atoms with E-state index in [1.807, 2.05) is 34.6 Å². The summed E-state index contributed by atoms with van der Waals surface area (Å²) in [5.74, 6) is -0.821. The molecule has 0 saturated heterocycles. The zero-order valence-electron chi connectivity index (χ0n) is 9.63. The van der Waals surface area contributed by atoms with Crippen LogP contribution in [0, 0.1) is 5.92 Å². The zero-order chi connectivity index (χ0) is 11.4. The number of nitrogens with one attached hydrogen (secondary N) is 1. The topological polar surface area (TPSA) is 58.6 Å². The largest absolute Gasteiger partial charge is 0.480 e. The Morgan fingerprint density at radius 1 is 1.50 bits per heavy atom. The van der Waals surface area contributed by atoms with E-state index in [2.05, 4.69) is 5.48 Å². The number of carboxylic acids is 1. The molecule has 0 aliphatic rings. The van der Waals surface area contributed by atoms with Gasteiger partial charge < -0.3 is 5.11 Å². The molecule has 0 aromatic carbocycles. The summed E-state index contributed by atoms with van der Waals surface area (Å²) in [6, 6.07) is -0.640. The van der Waals surface area contributed by atoms with Crippen molar-refractivity contribution < 1.29 is 14.7 Å². The normalized spacial score (nSPS) is 16.4. The van der Waals surface area contributed by atoms with Crippen LogP contribution in [0.3, 0.4) is 0 Å². The van der Waals surface area contributed by atoms with Crippen molar-refractivity contribution in [3.63, 3.8) is 0 Å². The van der Waals surface area contributed by atoms with Crippen molar-refractivity contribution in [2.45, 2.75) is 52.7 Å². The lowest BCUT2D eigenvalue weighted by Crippen LogP contribution is -2.45. The van der Waals surface area contributed by atoms with Crippen LogP contribution in [-0.4, -0.2) is 22.7 Å². The number of carbonyl (C=O) groups is 1. The van der Waals surface area contributed by atoms with E-state index in [0.29, 0.717) is 0 Å². The minimum Gasteiger partial charge on any atom is -0.480 e. The molecule has 0 saturated carbocycles. The van der Waals surface area contributed by atoms with Gasteiger partial charge in [0.05, 0.1) is 5.60 Å². The molecule has 0 amide bonds. The molecule has 0 radical (unpaired) electrons. The predicted octanol–water partition coefficient (Wildman–Crippen LogP) is 1.81. The summed E-state index contributed by atoms with van der Waals surface area (Å²) in [6.45, 7) is 9.46. The summed E-state index contributed by atoms with van der Waals surface area (Å²) in [4.78, 5) is 16.1. The van der Waals surface area contributed by atoms with E-state index >= 15 is 0 Å². The standard InChI is InChI=1S/C10H21NO3/c1-6-7(2)8(9(12)13)11-14-10(3,4)5/h7-8,11H,6H2,1-5H3,(H,12,13)/t7-,8-/m0/s1. The molecule has 84 valence electrons. The van der Waals surface area contributed by atoms with Crippen molar-refractivity contribution in [3.05, 3.63) is 0 Å². The first-order valence-electron chi connectivity index (χ1n) is 4.94. The van der Waals surface area contributed by atoms with Gasteiger partial charge in [-0.05, 0) is 26.7 Å². The molecule has 0 bridgehead atoms. The van der Waals surface area contributed by atoms with Gasteiger partial charge in [-0.25, -0.2) is 0 Å². The van der Waals surface area contributed by atoms with Crippen LogP contribution >= 0.6 is 0 Å². The lowest BCUT2D eigenvalue weighted by atomic mass is 10.0. The maximum atomic E-state index is 10.9. The Labute approximate surface area is 85.6 Å². The van der Waals surface area contributed by atoms with Crippen molar-refractivity contribution in [2.75, 3.05) is 0 Å². The van der Waals surface area contributed by atoms with Crippen LogP contribution in [0.5, 0.6) is 0 Å². The molecule has 0 aliphatic heterocycles. The molecule has 0 aromatic heterocycles. The summed E-state index contributed by atoms with van der Waals surface area (Å²) in [5, 5.41) is 8.93. The van der Waals surface area contributed by atoms with Crippen LogP contribution in [-0.2, 0) is 9.63 Å². The van der Waals surface area contributed by atoms with Gasteiger partial charge in [-0.3, -0.25) is 9.63 Å². The quantitative estimate of drug-likeness (QED) is 0.669. The van der Waals surface area contributed by atoms with E-state index in [1.54, 1.807) is 0 Å². The monoisotopic (exact) mass is 203 g/mol. The average molecular weight is 203 g/mol. The maximum Gasteiger partial charge on any atom is 0.323 e. The molecule has 0 heterocycles. The van der Waals surface area contributed by atoms with Crippen LogP contribution in [0.1, 0.15) is 41.0 Å². The van der Waals surface area contributed by atoms with Gasteiger partial charge >= 0.3 is 5.97 Å². The molecule has 0 aliphatic carbocycles. The minimum absolute atomic E-state index is 0.0508. The Bertz CT molecular complexity index is 186. The number of hydrogen-bond acceptors (Lipinski definition) is 3. The van der Waals surface area contributed by atoms with Crippen molar-refractivity contribution >= 4 is 5.97 Å². The van der Waals surface area contributed by atoms with Crippen molar-refractivity contribution in [1.29, 1.82) is 0 Å². The lowest BCUT2D eigenvalue weighted by Gasteiger charge is -2.25. The summed E-state index contributed by atoms with van der Waals surface area (Å²) in [5.41, 5.74) is 2.24. The Balaban J connectivity index is 4.18. The van der Waals surface area contributed by atoms with Crippen molar-refractivity contribution in [3.8, 4) is 0 Å². The third-order valence-electron chi connectivity index (χ3n) is 1.97. The molecule has 0 fully saturated rings. The zero-order valence-corrected chi connectivity index (χ0v) is 9.63. The Hall–Kier alpha value is -0.610. The number of aliphatic carboxylic acids is 1. The summed E-state index contributed by atoms with van der Waals surface area (Å²) in [6.07, 6.45) is 0.803.